The fraction of sp³-hybridized carbons (Fsp3) is 0.949. The van der Waals surface area contributed by atoms with E-state index in [0.717, 1.165) is 44.9 Å². The van der Waals surface area contributed by atoms with Gasteiger partial charge in [0.2, 0.25) is 0 Å². The van der Waals surface area contributed by atoms with E-state index in [-0.39, 0.29) is 29.0 Å². The first-order valence-electron chi connectivity index (χ1n) is 19.9. The van der Waals surface area contributed by atoms with Gasteiger partial charge in [0, 0.05) is 17.8 Å². The van der Waals surface area contributed by atoms with Crippen LogP contribution < -0.4 is 0 Å². The molecule has 7 fully saturated rings. The van der Waals surface area contributed by atoms with E-state index in [1.165, 1.54) is 12.5 Å². The first-order chi connectivity index (χ1) is 24.6. The normalized spacial score (nSPS) is 58.9. The molecule has 0 aromatic rings. The summed E-state index contributed by atoms with van der Waals surface area (Å²) >= 11 is 0. The summed E-state index contributed by atoms with van der Waals surface area (Å²) in [6.07, 6.45) is -3.83. The minimum absolute atomic E-state index is 0.0411. The van der Waals surface area contributed by atoms with Crippen molar-refractivity contribution < 1.29 is 64.2 Å². The largest absolute Gasteiger partial charge is 0.394 e. The van der Waals surface area contributed by atoms with Gasteiger partial charge in [-0.25, -0.2) is 0 Å². The third-order valence-corrected chi connectivity index (χ3v) is 15.8. The summed E-state index contributed by atoms with van der Waals surface area (Å²) in [5.41, 5.74) is 0.0981. The number of allylic oxidation sites excluding steroid dienone is 1. The van der Waals surface area contributed by atoms with E-state index < -0.39 is 79.4 Å². The first-order valence-corrected chi connectivity index (χ1v) is 19.9. The zero-order valence-corrected chi connectivity index (χ0v) is 31.3. The average Bonchev–Trinajstić information content (AvgIpc) is 3.48. The highest BCUT2D eigenvalue weighted by atomic mass is 16.8. The number of rotatable bonds is 5. The molecular weight excluding hydrogens is 676 g/mol. The van der Waals surface area contributed by atoms with Crippen molar-refractivity contribution in [2.24, 2.45) is 40.4 Å². The van der Waals surface area contributed by atoms with Crippen molar-refractivity contribution in [3.8, 4) is 0 Å². The highest BCUT2D eigenvalue weighted by Gasteiger charge is 2.76. The smallest absolute Gasteiger partial charge is 0.187 e. The summed E-state index contributed by atoms with van der Waals surface area (Å²) < 4.78 is 37.3. The van der Waals surface area contributed by atoms with E-state index in [1.54, 1.807) is 0 Å². The Morgan fingerprint density at radius 3 is 2.31 bits per heavy atom. The van der Waals surface area contributed by atoms with E-state index in [4.69, 9.17) is 28.4 Å². The van der Waals surface area contributed by atoms with Gasteiger partial charge < -0.3 is 64.2 Å². The number of aliphatic hydroxyl groups is 7. The molecule has 0 radical (unpaired) electrons. The molecule has 4 heterocycles. The molecule has 21 atom stereocenters. The van der Waals surface area contributed by atoms with Crippen LogP contribution in [0.2, 0.25) is 0 Å². The Morgan fingerprint density at radius 2 is 1.60 bits per heavy atom. The summed E-state index contributed by atoms with van der Waals surface area (Å²) in [5, 5.41) is 75.6. The fourth-order valence-electron chi connectivity index (χ4n) is 12.5. The number of ether oxygens (including phenoxy) is 6. The lowest BCUT2D eigenvalue weighted by molar-refractivity contribution is -0.369. The van der Waals surface area contributed by atoms with E-state index in [2.05, 4.69) is 33.8 Å². The zero-order valence-electron chi connectivity index (χ0n) is 31.3. The van der Waals surface area contributed by atoms with Crippen LogP contribution in [0.4, 0.5) is 0 Å². The van der Waals surface area contributed by atoms with Crippen LogP contribution in [0.15, 0.2) is 11.6 Å². The van der Waals surface area contributed by atoms with E-state index in [9.17, 15) is 35.7 Å². The Hall–Kier alpha value is -0.780. The number of aliphatic hydroxyl groups excluding tert-OH is 6. The van der Waals surface area contributed by atoms with Crippen LogP contribution in [0, 0.1) is 40.4 Å². The minimum atomic E-state index is -1.62. The van der Waals surface area contributed by atoms with Crippen LogP contribution in [0.1, 0.15) is 92.4 Å². The Labute approximate surface area is 306 Å². The van der Waals surface area contributed by atoms with Gasteiger partial charge in [0.05, 0.1) is 31.5 Å². The molecule has 52 heavy (non-hydrogen) atoms. The molecule has 0 bridgehead atoms. The average molecular weight is 739 g/mol. The van der Waals surface area contributed by atoms with E-state index in [1.807, 2.05) is 0 Å². The summed E-state index contributed by atoms with van der Waals surface area (Å²) in [7, 11) is 0. The molecule has 4 aliphatic heterocycles. The van der Waals surface area contributed by atoms with Crippen molar-refractivity contribution in [2.75, 3.05) is 13.2 Å². The SMILES string of the molecule is CC1CCC2(OC1)OC1CC3C4CC=C5CC(OC6OC(CO)C(O)C(O)C6OC6OC(C)C(O)C(O)C6O)CCC5(C)C4CCC3(C)C1(O)C2C. The van der Waals surface area contributed by atoms with Gasteiger partial charge in [0.1, 0.15) is 48.3 Å². The molecular formula is C39H62O13. The Balaban J connectivity index is 0.977. The monoisotopic (exact) mass is 738 g/mol. The predicted molar refractivity (Wildman–Crippen MR) is 183 cm³/mol. The molecule has 13 heteroatoms. The highest BCUT2D eigenvalue weighted by Crippen LogP contribution is 2.72. The van der Waals surface area contributed by atoms with Gasteiger partial charge >= 0.3 is 0 Å². The lowest BCUT2D eigenvalue weighted by Crippen LogP contribution is -2.64. The van der Waals surface area contributed by atoms with Crippen molar-refractivity contribution in [3.05, 3.63) is 11.6 Å². The fourth-order valence-corrected chi connectivity index (χ4v) is 12.5. The standard InChI is InChI=1S/C39H62O13/c1-18-8-13-38(47-17-18)20(3)39(46)27(52-38)15-25-23-7-6-21-14-22(9-11-36(21,4)24(23)10-12-37(25,39)5)49-35-33(31(44)29(42)26(16-40)50-35)51-34-32(45)30(43)28(41)19(2)48-34/h6,18-20,22-35,40-46H,7-17H2,1-5H3. The van der Waals surface area contributed by atoms with Gasteiger partial charge in [-0.2, -0.15) is 0 Å². The second-order valence-corrected chi connectivity index (χ2v) is 18.4. The molecule has 0 aromatic heterocycles. The summed E-state index contributed by atoms with van der Waals surface area (Å²) in [6.45, 7) is 10.7. The third kappa shape index (κ3) is 5.50. The quantitative estimate of drug-likeness (QED) is 0.201. The molecule has 8 rings (SSSR count). The molecule has 21 unspecified atom stereocenters. The Bertz CT molecular complexity index is 1350. The summed E-state index contributed by atoms with van der Waals surface area (Å²) in [6, 6.07) is 0. The van der Waals surface area contributed by atoms with Crippen molar-refractivity contribution in [3.63, 3.8) is 0 Å². The lowest BCUT2D eigenvalue weighted by Gasteiger charge is -2.60. The first kappa shape index (κ1) is 38.1. The van der Waals surface area contributed by atoms with Crippen LogP contribution in [-0.4, -0.2) is 134 Å². The molecule has 7 N–H and O–H groups in total. The maximum Gasteiger partial charge on any atom is 0.187 e. The summed E-state index contributed by atoms with van der Waals surface area (Å²) in [5.74, 6) is 0.929. The van der Waals surface area contributed by atoms with Gasteiger partial charge in [0.25, 0.3) is 0 Å². The maximum absolute atomic E-state index is 12.7. The zero-order chi connectivity index (χ0) is 37.1. The lowest BCUT2D eigenvalue weighted by atomic mass is 9.46. The van der Waals surface area contributed by atoms with Crippen molar-refractivity contribution >= 4 is 0 Å². The second kappa shape index (κ2) is 13.4. The Morgan fingerprint density at radius 1 is 0.827 bits per heavy atom. The van der Waals surface area contributed by atoms with Crippen LogP contribution in [0.3, 0.4) is 0 Å². The molecule has 0 amide bonds. The number of fused-ring (bicyclic) bond motifs is 7. The van der Waals surface area contributed by atoms with Gasteiger partial charge in [0.15, 0.2) is 18.4 Å². The number of hydrogen-bond acceptors (Lipinski definition) is 13. The molecule has 3 saturated carbocycles. The van der Waals surface area contributed by atoms with Gasteiger partial charge in [-0.3, -0.25) is 0 Å². The predicted octanol–water partition coefficient (Wildman–Crippen LogP) is 1.50. The minimum Gasteiger partial charge on any atom is -0.394 e. The third-order valence-electron chi connectivity index (χ3n) is 15.8. The van der Waals surface area contributed by atoms with Crippen LogP contribution in [0.5, 0.6) is 0 Å². The van der Waals surface area contributed by atoms with Gasteiger partial charge in [-0.15, -0.1) is 0 Å². The van der Waals surface area contributed by atoms with Gasteiger partial charge in [-0.1, -0.05) is 39.3 Å². The molecule has 4 aliphatic carbocycles. The molecule has 296 valence electrons. The van der Waals surface area contributed by atoms with Crippen LogP contribution in [-0.2, 0) is 28.4 Å². The molecule has 0 aromatic carbocycles. The maximum atomic E-state index is 12.7. The highest BCUT2D eigenvalue weighted by molar-refractivity contribution is 5.29. The Kier molecular flexibility index (Phi) is 9.83. The topological polar surface area (TPSA) is 197 Å². The molecule has 13 nitrogen and oxygen atoms in total. The van der Waals surface area contributed by atoms with Crippen LogP contribution >= 0.6 is 0 Å². The van der Waals surface area contributed by atoms with Crippen molar-refractivity contribution in [1.29, 1.82) is 0 Å². The summed E-state index contributed by atoms with van der Waals surface area (Å²) in [4.78, 5) is 0. The van der Waals surface area contributed by atoms with Crippen molar-refractivity contribution in [2.45, 2.75) is 177 Å². The van der Waals surface area contributed by atoms with Gasteiger partial charge in [-0.05, 0) is 87.4 Å². The molecule has 1 spiro atoms. The van der Waals surface area contributed by atoms with E-state index in [0.29, 0.717) is 43.1 Å². The van der Waals surface area contributed by atoms with E-state index >= 15 is 0 Å². The van der Waals surface area contributed by atoms with Crippen LogP contribution in [0.25, 0.3) is 0 Å². The number of hydrogen-bond donors (Lipinski definition) is 7. The second-order valence-electron chi connectivity index (χ2n) is 18.4. The molecule has 4 saturated heterocycles. The molecule has 8 aliphatic rings. The van der Waals surface area contributed by atoms with Crippen molar-refractivity contribution in [1.82, 2.24) is 0 Å².